The first-order chi connectivity index (χ1) is 6.83. The van der Waals surface area contributed by atoms with Crippen molar-refractivity contribution in [3.8, 4) is 0 Å². The molecule has 0 aromatic heterocycles. The Morgan fingerprint density at radius 1 is 1.27 bits per heavy atom. The van der Waals surface area contributed by atoms with Gasteiger partial charge in [0.1, 0.15) is 9.84 Å². The van der Waals surface area contributed by atoms with Gasteiger partial charge in [-0.05, 0) is 25.8 Å². The van der Waals surface area contributed by atoms with Crippen LogP contribution in [0.15, 0.2) is 0 Å². The highest BCUT2D eigenvalue weighted by atomic mass is 32.2. The Labute approximate surface area is 93.0 Å². The van der Waals surface area contributed by atoms with Gasteiger partial charge in [-0.15, -0.1) is 0 Å². The van der Waals surface area contributed by atoms with Crippen LogP contribution in [0, 0.1) is 0 Å². The van der Waals surface area contributed by atoms with Gasteiger partial charge >= 0.3 is 0 Å². The van der Waals surface area contributed by atoms with Crippen molar-refractivity contribution in [2.24, 2.45) is 0 Å². The molecule has 15 heavy (non-hydrogen) atoms. The fourth-order valence-electron chi connectivity index (χ4n) is 1.28. The van der Waals surface area contributed by atoms with E-state index < -0.39 is 15.4 Å². The molecule has 0 spiro atoms. The van der Waals surface area contributed by atoms with Gasteiger partial charge in [0.2, 0.25) is 0 Å². The van der Waals surface area contributed by atoms with E-state index >= 15 is 0 Å². The van der Waals surface area contributed by atoms with Gasteiger partial charge in [-0.2, -0.15) is 0 Å². The lowest BCUT2D eigenvalue weighted by Gasteiger charge is -2.25. The Morgan fingerprint density at radius 2 is 1.80 bits per heavy atom. The van der Waals surface area contributed by atoms with E-state index in [2.05, 4.69) is 5.32 Å². The second kappa shape index (κ2) is 6.45. The van der Waals surface area contributed by atoms with Crippen LogP contribution in [-0.4, -0.2) is 44.2 Å². The fraction of sp³-hybridized carbons (Fsp3) is 1.00. The number of nitrogens with one attached hydrogen (secondary N) is 1. The predicted molar refractivity (Wildman–Crippen MR) is 62.7 cm³/mol. The average molecular weight is 237 g/mol. The summed E-state index contributed by atoms with van der Waals surface area (Å²) in [6.45, 7) is 5.06. The predicted octanol–water partition coefficient (Wildman–Crippen LogP) is 0.562. The molecule has 5 heteroatoms. The Bertz CT molecular complexity index is 258. The van der Waals surface area contributed by atoms with E-state index in [1.807, 2.05) is 13.8 Å². The Balaban J connectivity index is 3.63. The first kappa shape index (κ1) is 14.9. The van der Waals surface area contributed by atoms with Crippen LogP contribution in [0.4, 0.5) is 0 Å². The molecule has 0 atom stereocenters. The SMILES string of the molecule is CCC(O)(CC)CNCCCS(C)(=O)=O. The van der Waals surface area contributed by atoms with Crippen molar-refractivity contribution in [1.82, 2.24) is 5.32 Å². The van der Waals surface area contributed by atoms with Crippen LogP contribution in [0.25, 0.3) is 0 Å². The van der Waals surface area contributed by atoms with E-state index in [1.165, 1.54) is 6.26 Å². The number of hydrogen-bond donors (Lipinski definition) is 2. The highest BCUT2D eigenvalue weighted by Gasteiger charge is 2.20. The van der Waals surface area contributed by atoms with Crippen molar-refractivity contribution in [2.45, 2.75) is 38.7 Å². The maximum absolute atomic E-state index is 10.8. The van der Waals surface area contributed by atoms with E-state index in [0.29, 0.717) is 32.4 Å². The molecule has 0 aromatic carbocycles. The Morgan fingerprint density at radius 3 is 2.20 bits per heavy atom. The topological polar surface area (TPSA) is 66.4 Å². The van der Waals surface area contributed by atoms with Crippen molar-refractivity contribution >= 4 is 9.84 Å². The van der Waals surface area contributed by atoms with Crippen molar-refractivity contribution < 1.29 is 13.5 Å². The molecule has 92 valence electrons. The van der Waals surface area contributed by atoms with E-state index in [0.717, 1.165) is 0 Å². The van der Waals surface area contributed by atoms with Crippen molar-refractivity contribution in [1.29, 1.82) is 0 Å². The zero-order valence-electron chi connectivity index (χ0n) is 9.91. The molecule has 2 N–H and O–H groups in total. The Kier molecular flexibility index (Phi) is 6.40. The minimum Gasteiger partial charge on any atom is -0.389 e. The summed E-state index contributed by atoms with van der Waals surface area (Å²) in [6.07, 6.45) is 3.26. The van der Waals surface area contributed by atoms with Crippen LogP contribution in [0.3, 0.4) is 0 Å². The summed E-state index contributed by atoms with van der Waals surface area (Å²) >= 11 is 0. The van der Waals surface area contributed by atoms with E-state index in [1.54, 1.807) is 0 Å². The Hall–Kier alpha value is -0.130. The zero-order valence-corrected chi connectivity index (χ0v) is 10.7. The molecule has 0 fully saturated rings. The van der Waals surface area contributed by atoms with Crippen LogP contribution in [-0.2, 0) is 9.84 Å². The van der Waals surface area contributed by atoms with E-state index in [4.69, 9.17) is 0 Å². The van der Waals surface area contributed by atoms with Gasteiger partial charge < -0.3 is 10.4 Å². The monoisotopic (exact) mass is 237 g/mol. The molecule has 0 aromatic rings. The largest absolute Gasteiger partial charge is 0.389 e. The molecule has 0 aliphatic carbocycles. The van der Waals surface area contributed by atoms with Crippen LogP contribution >= 0.6 is 0 Å². The summed E-state index contributed by atoms with van der Waals surface area (Å²) in [7, 11) is -2.85. The molecule has 0 saturated carbocycles. The fourth-order valence-corrected chi connectivity index (χ4v) is 1.95. The molecular weight excluding hydrogens is 214 g/mol. The highest BCUT2D eigenvalue weighted by Crippen LogP contribution is 2.12. The maximum Gasteiger partial charge on any atom is 0.147 e. The van der Waals surface area contributed by atoms with Gasteiger partial charge in [0.25, 0.3) is 0 Å². The molecule has 0 saturated heterocycles. The highest BCUT2D eigenvalue weighted by molar-refractivity contribution is 7.90. The maximum atomic E-state index is 10.8. The molecule has 0 rings (SSSR count). The van der Waals surface area contributed by atoms with Gasteiger partial charge in [0.15, 0.2) is 0 Å². The van der Waals surface area contributed by atoms with Crippen LogP contribution < -0.4 is 5.32 Å². The zero-order chi connectivity index (χ0) is 11.9. The van der Waals surface area contributed by atoms with E-state index in [-0.39, 0.29) is 5.75 Å². The van der Waals surface area contributed by atoms with Crippen molar-refractivity contribution in [3.63, 3.8) is 0 Å². The lowest BCUT2D eigenvalue weighted by Crippen LogP contribution is -2.40. The molecule has 0 bridgehead atoms. The third-order valence-electron chi connectivity index (χ3n) is 2.64. The summed E-state index contributed by atoms with van der Waals surface area (Å²) in [5, 5.41) is 13.0. The lowest BCUT2D eigenvalue weighted by atomic mass is 9.98. The second-order valence-electron chi connectivity index (χ2n) is 4.09. The summed E-state index contributed by atoms with van der Waals surface area (Å²) in [4.78, 5) is 0. The van der Waals surface area contributed by atoms with Gasteiger partial charge in [-0.3, -0.25) is 0 Å². The minimum absolute atomic E-state index is 0.205. The normalized spacial score (nSPS) is 13.1. The quantitative estimate of drug-likeness (QED) is 0.605. The second-order valence-corrected chi connectivity index (χ2v) is 6.35. The summed E-state index contributed by atoms with van der Waals surface area (Å²) in [5.41, 5.74) is -0.648. The summed E-state index contributed by atoms with van der Waals surface area (Å²) < 4.78 is 21.7. The number of rotatable bonds is 8. The molecule has 4 nitrogen and oxygen atoms in total. The minimum atomic E-state index is -2.85. The smallest absolute Gasteiger partial charge is 0.147 e. The number of aliphatic hydroxyl groups is 1. The molecule has 0 aliphatic rings. The number of sulfone groups is 1. The first-order valence-corrected chi connectivity index (χ1v) is 7.50. The summed E-state index contributed by atoms with van der Waals surface area (Å²) in [6, 6.07) is 0. The van der Waals surface area contributed by atoms with E-state index in [9.17, 15) is 13.5 Å². The van der Waals surface area contributed by atoms with Crippen LogP contribution in [0.2, 0.25) is 0 Å². The molecule has 0 aliphatic heterocycles. The van der Waals surface area contributed by atoms with Gasteiger partial charge in [-0.25, -0.2) is 8.42 Å². The van der Waals surface area contributed by atoms with Gasteiger partial charge in [0.05, 0.1) is 11.4 Å². The number of hydrogen-bond acceptors (Lipinski definition) is 4. The molecule has 0 unspecified atom stereocenters. The van der Waals surface area contributed by atoms with Gasteiger partial charge in [-0.1, -0.05) is 13.8 Å². The average Bonchev–Trinajstić information content (AvgIpc) is 2.15. The molecule has 0 radical (unpaired) electrons. The lowest BCUT2D eigenvalue weighted by molar-refractivity contribution is 0.0328. The molecule has 0 heterocycles. The standard InChI is InChI=1S/C10H23NO3S/c1-4-10(12,5-2)9-11-7-6-8-15(3,13)14/h11-12H,4-9H2,1-3H3. The third-order valence-corrected chi connectivity index (χ3v) is 3.67. The van der Waals surface area contributed by atoms with Crippen LogP contribution in [0.5, 0.6) is 0 Å². The first-order valence-electron chi connectivity index (χ1n) is 5.44. The summed E-state index contributed by atoms with van der Waals surface area (Å²) in [5.74, 6) is 0.205. The van der Waals surface area contributed by atoms with Gasteiger partial charge in [0, 0.05) is 12.8 Å². The molecule has 0 amide bonds. The molecular formula is C10H23NO3S. The van der Waals surface area contributed by atoms with Crippen molar-refractivity contribution in [2.75, 3.05) is 25.1 Å². The van der Waals surface area contributed by atoms with Crippen molar-refractivity contribution in [3.05, 3.63) is 0 Å². The third kappa shape index (κ3) is 7.76. The van der Waals surface area contributed by atoms with Crippen LogP contribution in [0.1, 0.15) is 33.1 Å².